The molecule has 0 saturated heterocycles. The fourth-order valence-electron chi connectivity index (χ4n) is 2.15. The van der Waals surface area contributed by atoms with Gasteiger partial charge in [-0.3, -0.25) is 0 Å². The SMILES string of the molecule is CCN(CC(F)F)C1=N[N+](C)=C(Oc2cc(C#N)ccc2Br)C1. The molecule has 0 bridgehead atoms. The van der Waals surface area contributed by atoms with E-state index in [1.54, 1.807) is 32.2 Å². The Bertz CT molecular complexity index is 697. The van der Waals surface area contributed by atoms with Crippen molar-refractivity contribution in [1.29, 1.82) is 5.26 Å². The Morgan fingerprint density at radius 3 is 2.87 bits per heavy atom. The molecular formula is C15H16BrF2N4O+. The molecule has 1 aliphatic heterocycles. The quantitative estimate of drug-likeness (QED) is 0.748. The summed E-state index contributed by atoms with van der Waals surface area (Å²) in [6, 6.07) is 7.05. The molecular weight excluding hydrogens is 370 g/mol. The van der Waals surface area contributed by atoms with Crippen molar-refractivity contribution in [3.05, 3.63) is 28.2 Å². The van der Waals surface area contributed by atoms with Gasteiger partial charge in [-0.25, -0.2) is 8.78 Å². The lowest BCUT2D eigenvalue weighted by Crippen LogP contribution is -2.35. The van der Waals surface area contributed by atoms with Crippen LogP contribution in [-0.2, 0) is 0 Å². The number of nitriles is 1. The van der Waals surface area contributed by atoms with E-state index in [-0.39, 0.29) is 6.54 Å². The molecule has 1 aromatic carbocycles. The Kier molecular flexibility index (Phi) is 5.66. The van der Waals surface area contributed by atoms with Gasteiger partial charge in [-0.2, -0.15) is 5.26 Å². The summed E-state index contributed by atoms with van der Waals surface area (Å²) in [5.74, 6) is 1.54. The van der Waals surface area contributed by atoms with E-state index in [1.807, 2.05) is 6.07 Å². The maximum Gasteiger partial charge on any atom is 0.380 e. The Hall–Kier alpha value is -2.01. The Balaban J connectivity index is 2.13. The van der Waals surface area contributed by atoms with Crippen LogP contribution in [0.4, 0.5) is 8.78 Å². The van der Waals surface area contributed by atoms with Crippen LogP contribution in [0.5, 0.6) is 5.75 Å². The first kappa shape index (κ1) is 17.3. The van der Waals surface area contributed by atoms with Crippen LogP contribution in [0.15, 0.2) is 27.8 Å². The van der Waals surface area contributed by atoms with Gasteiger partial charge in [0.05, 0.1) is 22.7 Å². The first-order valence-corrected chi connectivity index (χ1v) is 7.81. The highest BCUT2D eigenvalue weighted by molar-refractivity contribution is 9.10. The van der Waals surface area contributed by atoms with Gasteiger partial charge in [0.15, 0.2) is 12.9 Å². The third kappa shape index (κ3) is 4.26. The smallest absolute Gasteiger partial charge is 0.380 e. The molecule has 0 saturated carbocycles. The zero-order valence-corrected chi connectivity index (χ0v) is 14.3. The van der Waals surface area contributed by atoms with Crippen LogP contribution in [0.25, 0.3) is 0 Å². The van der Waals surface area contributed by atoms with Crippen molar-refractivity contribution in [2.45, 2.75) is 19.8 Å². The third-order valence-electron chi connectivity index (χ3n) is 3.33. The molecule has 2 rings (SSSR count). The van der Waals surface area contributed by atoms with Crippen molar-refractivity contribution < 1.29 is 18.2 Å². The minimum Gasteiger partial charge on any atom is -0.405 e. The van der Waals surface area contributed by atoms with E-state index in [0.29, 0.717) is 40.5 Å². The molecule has 8 heteroatoms. The zero-order chi connectivity index (χ0) is 17.0. The first-order valence-electron chi connectivity index (χ1n) is 7.02. The second-order valence-electron chi connectivity index (χ2n) is 4.90. The first-order chi connectivity index (χ1) is 10.9. The second-order valence-corrected chi connectivity index (χ2v) is 5.75. The van der Waals surface area contributed by atoms with Crippen LogP contribution in [0, 0.1) is 11.3 Å². The summed E-state index contributed by atoms with van der Waals surface area (Å²) in [6.45, 7) is 1.89. The summed E-state index contributed by atoms with van der Waals surface area (Å²) in [7, 11) is 1.70. The summed E-state index contributed by atoms with van der Waals surface area (Å²) >= 11 is 3.36. The van der Waals surface area contributed by atoms with Gasteiger partial charge in [-0.15, -0.1) is 0 Å². The van der Waals surface area contributed by atoms with Crippen molar-refractivity contribution in [2.75, 3.05) is 20.1 Å². The standard InChI is InChI=1S/C15H16BrF2N4O/c1-3-22(9-13(17)18)14-7-15(21(2)20-14)23-12-6-10(8-19)4-5-11(12)16/h4-6,13H,3,7,9H2,1-2H3/q+1. The highest BCUT2D eigenvalue weighted by Crippen LogP contribution is 2.27. The van der Waals surface area contributed by atoms with E-state index in [0.717, 1.165) is 0 Å². The van der Waals surface area contributed by atoms with E-state index >= 15 is 0 Å². The molecule has 1 heterocycles. The lowest BCUT2D eigenvalue weighted by molar-refractivity contribution is -0.506. The number of alkyl halides is 2. The van der Waals surface area contributed by atoms with E-state index < -0.39 is 6.43 Å². The van der Waals surface area contributed by atoms with Crippen molar-refractivity contribution in [2.24, 2.45) is 5.10 Å². The van der Waals surface area contributed by atoms with E-state index in [1.165, 1.54) is 9.58 Å². The maximum atomic E-state index is 12.6. The van der Waals surface area contributed by atoms with Crippen LogP contribution in [-0.4, -0.2) is 47.9 Å². The van der Waals surface area contributed by atoms with Gasteiger partial charge in [-0.05, 0) is 41.1 Å². The molecule has 122 valence electrons. The van der Waals surface area contributed by atoms with Crippen molar-refractivity contribution in [3.63, 3.8) is 0 Å². The number of hydrogen-bond acceptors (Lipinski definition) is 4. The Labute approximate surface area is 141 Å². The number of ether oxygens (including phenoxy) is 1. The van der Waals surface area contributed by atoms with Gasteiger partial charge in [0.1, 0.15) is 12.2 Å². The van der Waals surface area contributed by atoms with E-state index in [4.69, 9.17) is 10.00 Å². The van der Waals surface area contributed by atoms with Crippen molar-refractivity contribution in [3.8, 4) is 11.8 Å². The normalized spacial score (nSPS) is 14.0. The van der Waals surface area contributed by atoms with E-state index in [2.05, 4.69) is 21.0 Å². The van der Waals surface area contributed by atoms with Gasteiger partial charge in [0.25, 0.3) is 6.43 Å². The Morgan fingerprint density at radius 1 is 1.52 bits per heavy atom. The zero-order valence-electron chi connectivity index (χ0n) is 12.8. The number of halogens is 3. The van der Waals surface area contributed by atoms with Gasteiger partial charge >= 0.3 is 5.90 Å². The van der Waals surface area contributed by atoms with Crippen LogP contribution in [0.2, 0.25) is 0 Å². The molecule has 0 aromatic heterocycles. The number of hydrogen-bond donors (Lipinski definition) is 0. The highest BCUT2D eigenvalue weighted by Gasteiger charge is 2.31. The topological polar surface area (TPSA) is 51.6 Å². The van der Waals surface area contributed by atoms with Crippen LogP contribution >= 0.6 is 15.9 Å². The molecule has 23 heavy (non-hydrogen) atoms. The number of nitrogens with zero attached hydrogens (tertiary/aromatic N) is 4. The van der Waals surface area contributed by atoms with Gasteiger partial charge in [-0.1, -0.05) is 4.68 Å². The predicted octanol–water partition coefficient (Wildman–Crippen LogP) is 3.04. The molecule has 0 spiro atoms. The molecule has 0 unspecified atom stereocenters. The lowest BCUT2D eigenvalue weighted by atomic mass is 10.2. The number of benzene rings is 1. The molecule has 0 aliphatic carbocycles. The monoisotopic (exact) mass is 385 g/mol. The summed E-state index contributed by atoms with van der Waals surface area (Å²) in [5, 5.41) is 13.2. The van der Waals surface area contributed by atoms with Crippen LogP contribution < -0.4 is 4.74 Å². The fraction of sp³-hybridized carbons (Fsp3) is 0.400. The highest BCUT2D eigenvalue weighted by atomic mass is 79.9. The predicted molar refractivity (Wildman–Crippen MR) is 86.0 cm³/mol. The van der Waals surface area contributed by atoms with Gasteiger partial charge < -0.3 is 9.64 Å². The average Bonchev–Trinajstić information content (AvgIpc) is 2.87. The molecule has 1 aromatic rings. The summed E-state index contributed by atoms with van der Waals surface area (Å²) in [5.41, 5.74) is 0.471. The number of amidine groups is 1. The third-order valence-corrected chi connectivity index (χ3v) is 3.98. The summed E-state index contributed by atoms with van der Waals surface area (Å²) in [6.07, 6.45) is -2.10. The molecule has 0 fully saturated rings. The summed E-state index contributed by atoms with van der Waals surface area (Å²) < 4.78 is 33.3. The van der Waals surface area contributed by atoms with Gasteiger partial charge in [0, 0.05) is 11.6 Å². The van der Waals surface area contributed by atoms with Crippen LogP contribution in [0.3, 0.4) is 0 Å². The fourth-order valence-corrected chi connectivity index (χ4v) is 2.48. The van der Waals surface area contributed by atoms with Crippen LogP contribution in [0.1, 0.15) is 18.9 Å². The summed E-state index contributed by atoms with van der Waals surface area (Å²) in [4.78, 5) is 1.53. The van der Waals surface area contributed by atoms with Crippen molar-refractivity contribution in [1.82, 2.24) is 4.90 Å². The molecule has 5 nitrogen and oxygen atoms in total. The number of rotatable bonds is 4. The van der Waals surface area contributed by atoms with Gasteiger partial charge in [0.2, 0.25) is 0 Å². The second kappa shape index (κ2) is 7.51. The minimum atomic E-state index is -2.42. The number of hydrazone groups is 1. The van der Waals surface area contributed by atoms with E-state index in [9.17, 15) is 8.78 Å². The molecule has 0 amide bonds. The van der Waals surface area contributed by atoms with Crippen molar-refractivity contribution >= 4 is 27.7 Å². The maximum absolute atomic E-state index is 12.6. The lowest BCUT2D eigenvalue weighted by Gasteiger charge is -2.19. The molecule has 0 atom stereocenters. The molecule has 0 N–H and O–H groups in total. The average molecular weight is 386 g/mol. The molecule has 0 radical (unpaired) electrons. The Morgan fingerprint density at radius 2 is 2.26 bits per heavy atom. The molecule has 1 aliphatic rings. The minimum absolute atomic E-state index is 0.320. The largest absolute Gasteiger partial charge is 0.405 e.